The largest absolute Gasteiger partial charge is 0.493 e. The molecule has 1 atom stereocenters. The second kappa shape index (κ2) is 10.1. The van der Waals surface area contributed by atoms with Gasteiger partial charge in [-0.15, -0.1) is 12.4 Å². The Morgan fingerprint density at radius 1 is 1.26 bits per heavy atom. The van der Waals surface area contributed by atoms with E-state index < -0.39 is 0 Å². The highest BCUT2D eigenvalue weighted by Gasteiger charge is 2.09. The van der Waals surface area contributed by atoms with E-state index in [1.807, 2.05) is 6.07 Å². The zero-order valence-electron chi connectivity index (χ0n) is 12.1. The Morgan fingerprint density at radius 2 is 2.00 bits per heavy atom. The van der Waals surface area contributed by atoms with Crippen LogP contribution in [0.2, 0.25) is 0 Å². The van der Waals surface area contributed by atoms with E-state index in [0.29, 0.717) is 6.61 Å². The SMILES string of the molecule is CCCOc1ccc(COC)cc1CC(N)CC.Cl. The number of methoxy groups -OCH3 is 1. The van der Waals surface area contributed by atoms with Gasteiger partial charge in [-0.3, -0.25) is 0 Å². The third kappa shape index (κ3) is 6.28. The summed E-state index contributed by atoms with van der Waals surface area (Å²) in [7, 11) is 1.71. The lowest BCUT2D eigenvalue weighted by Crippen LogP contribution is -2.22. The first-order chi connectivity index (χ1) is 8.71. The first kappa shape index (κ1) is 18.2. The van der Waals surface area contributed by atoms with Crippen molar-refractivity contribution in [2.24, 2.45) is 5.73 Å². The van der Waals surface area contributed by atoms with E-state index in [-0.39, 0.29) is 18.4 Å². The van der Waals surface area contributed by atoms with Gasteiger partial charge in [-0.2, -0.15) is 0 Å². The van der Waals surface area contributed by atoms with E-state index in [9.17, 15) is 0 Å². The molecule has 0 saturated heterocycles. The normalized spacial score (nSPS) is 11.8. The first-order valence-electron chi connectivity index (χ1n) is 6.70. The van der Waals surface area contributed by atoms with Crippen LogP contribution in [0.5, 0.6) is 5.75 Å². The summed E-state index contributed by atoms with van der Waals surface area (Å²) >= 11 is 0. The van der Waals surface area contributed by atoms with E-state index in [1.54, 1.807) is 7.11 Å². The summed E-state index contributed by atoms with van der Waals surface area (Å²) in [4.78, 5) is 0. The van der Waals surface area contributed by atoms with E-state index in [2.05, 4.69) is 26.0 Å². The number of hydrogen-bond donors (Lipinski definition) is 1. The van der Waals surface area contributed by atoms with Crippen LogP contribution in [0.25, 0.3) is 0 Å². The minimum absolute atomic E-state index is 0. The molecule has 19 heavy (non-hydrogen) atoms. The Morgan fingerprint density at radius 3 is 2.58 bits per heavy atom. The van der Waals surface area contributed by atoms with Gasteiger partial charge >= 0.3 is 0 Å². The van der Waals surface area contributed by atoms with Crippen LogP contribution in [-0.2, 0) is 17.8 Å². The second-order valence-electron chi connectivity index (χ2n) is 4.60. The van der Waals surface area contributed by atoms with Gasteiger partial charge in [-0.1, -0.05) is 19.9 Å². The van der Waals surface area contributed by atoms with Crippen molar-refractivity contribution >= 4 is 12.4 Å². The molecule has 0 spiro atoms. The lowest BCUT2D eigenvalue weighted by atomic mass is 10.0. The second-order valence-corrected chi connectivity index (χ2v) is 4.60. The Balaban J connectivity index is 0.00000324. The summed E-state index contributed by atoms with van der Waals surface area (Å²) in [6.07, 6.45) is 2.84. The molecule has 1 unspecified atom stereocenters. The van der Waals surface area contributed by atoms with E-state index >= 15 is 0 Å². The number of hydrogen-bond acceptors (Lipinski definition) is 3. The number of rotatable bonds is 8. The van der Waals surface area contributed by atoms with Gasteiger partial charge in [0.15, 0.2) is 0 Å². The zero-order valence-corrected chi connectivity index (χ0v) is 13.0. The molecule has 0 saturated carbocycles. The lowest BCUT2D eigenvalue weighted by molar-refractivity contribution is 0.184. The van der Waals surface area contributed by atoms with Gasteiger partial charge in [0, 0.05) is 13.2 Å². The third-order valence-electron chi connectivity index (χ3n) is 2.90. The van der Waals surface area contributed by atoms with E-state index in [0.717, 1.165) is 31.6 Å². The van der Waals surface area contributed by atoms with Gasteiger partial charge < -0.3 is 15.2 Å². The lowest BCUT2D eigenvalue weighted by Gasteiger charge is -2.15. The molecular formula is C15H26ClNO2. The van der Waals surface area contributed by atoms with Crippen molar-refractivity contribution in [2.45, 2.75) is 45.8 Å². The van der Waals surface area contributed by atoms with Crippen LogP contribution in [0.15, 0.2) is 18.2 Å². The number of nitrogens with two attached hydrogens (primary N) is 1. The maximum atomic E-state index is 6.04. The standard InChI is InChI=1S/C15H25NO2.ClH/c1-4-8-18-15-7-6-12(11-17-3)9-13(15)10-14(16)5-2;/h6-7,9,14H,4-5,8,10-11,16H2,1-3H3;1H. The molecule has 0 fully saturated rings. The van der Waals surface area contributed by atoms with Gasteiger partial charge in [-0.05, 0) is 42.5 Å². The molecular weight excluding hydrogens is 262 g/mol. The topological polar surface area (TPSA) is 44.5 Å². The minimum Gasteiger partial charge on any atom is -0.493 e. The molecule has 1 aromatic carbocycles. The highest BCUT2D eigenvalue weighted by Crippen LogP contribution is 2.22. The predicted molar refractivity (Wildman–Crippen MR) is 82.2 cm³/mol. The third-order valence-corrected chi connectivity index (χ3v) is 2.90. The fourth-order valence-electron chi connectivity index (χ4n) is 1.83. The Kier molecular flexibility index (Phi) is 9.66. The van der Waals surface area contributed by atoms with Gasteiger partial charge in [0.05, 0.1) is 13.2 Å². The zero-order chi connectivity index (χ0) is 13.4. The molecule has 1 rings (SSSR count). The van der Waals surface area contributed by atoms with Crippen molar-refractivity contribution < 1.29 is 9.47 Å². The van der Waals surface area contributed by atoms with Gasteiger partial charge in [-0.25, -0.2) is 0 Å². The summed E-state index contributed by atoms with van der Waals surface area (Å²) in [6, 6.07) is 6.41. The van der Waals surface area contributed by atoms with Crippen LogP contribution in [-0.4, -0.2) is 19.8 Å². The first-order valence-corrected chi connectivity index (χ1v) is 6.70. The average Bonchev–Trinajstić information content (AvgIpc) is 2.38. The van der Waals surface area contributed by atoms with Crippen molar-refractivity contribution in [1.82, 2.24) is 0 Å². The smallest absolute Gasteiger partial charge is 0.122 e. The number of ether oxygens (including phenoxy) is 2. The number of benzene rings is 1. The molecule has 0 aromatic heterocycles. The quantitative estimate of drug-likeness (QED) is 0.798. The molecule has 0 bridgehead atoms. The summed E-state index contributed by atoms with van der Waals surface area (Å²) in [5, 5.41) is 0. The number of halogens is 1. The van der Waals surface area contributed by atoms with Crippen LogP contribution in [0.3, 0.4) is 0 Å². The van der Waals surface area contributed by atoms with Crippen LogP contribution in [0.4, 0.5) is 0 Å². The molecule has 110 valence electrons. The molecule has 1 aromatic rings. The Bertz CT molecular complexity index is 358. The maximum absolute atomic E-state index is 6.04. The molecule has 2 N–H and O–H groups in total. The van der Waals surface area contributed by atoms with Crippen LogP contribution < -0.4 is 10.5 Å². The minimum atomic E-state index is 0. The monoisotopic (exact) mass is 287 g/mol. The Labute approximate surface area is 122 Å². The van der Waals surface area contributed by atoms with E-state index in [1.165, 1.54) is 11.1 Å². The maximum Gasteiger partial charge on any atom is 0.122 e. The molecule has 0 amide bonds. The Hall–Kier alpha value is -0.770. The highest BCUT2D eigenvalue weighted by molar-refractivity contribution is 5.85. The molecule has 4 heteroatoms. The predicted octanol–water partition coefficient (Wildman–Crippen LogP) is 3.32. The molecule has 3 nitrogen and oxygen atoms in total. The molecule has 0 aliphatic carbocycles. The van der Waals surface area contributed by atoms with Gasteiger partial charge in [0.1, 0.15) is 5.75 Å². The summed E-state index contributed by atoms with van der Waals surface area (Å²) in [5.74, 6) is 0.959. The molecule has 0 aliphatic rings. The van der Waals surface area contributed by atoms with E-state index in [4.69, 9.17) is 15.2 Å². The molecule has 0 aliphatic heterocycles. The van der Waals surface area contributed by atoms with Gasteiger partial charge in [0.2, 0.25) is 0 Å². The van der Waals surface area contributed by atoms with Gasteiger partial charge in [0.25, 0.3) is 0 Å². The molecule has 0 heterocycles. The van der Waals surface area contributed by atoms with Crippen LogP contribution >= 0.6 is 12.4 Å². The van der Waals surface area contributed by atoms with Crippen molar-refractivity contribution in [2.75, 3.05) is 13.7 Å². The van der Waals surface area contributed by atoms with Crippen LogP contribution in [0.1, 0.15) is 37.8 Å². The molecule has 0 radical (unpaired) electrons. The van der Waals surface area contributed by atoms with Crippen molar-refractivity contribution in [1.29, 1.82) is 0 Å². The fraction of sp³-hybridized carbons (Fsp3) is 0.600. The highest BCUT2D eigenvalue weighted by atomic mass is 35.5. The summed E-state index contributed by atoms with van der Waals surface area (Å²) < 4.78 is 10.9. The summed E-state index contributed by atoms with van der Waals surface area (Å²) in [6.45, 7) is 5.59. The summed E-state index contributed by atoms with van der Waals surface area (Å²) in [5.41, 5.74) is 8.39. The van der Waals surface area contributed by atoms with Crippen molar-refractivity contribution in [3.63, 3.8) is 0 Å². The average molecular weight is 288 g/mol. The van der Waals surface area contributed by atoms with Crippen LogP contribution in [0, 0.1) is 0 Å². The van der Waals surface area contributed by atoms with Crippen molar-refractivity contribution in [3.05, 3.63) is 29.3 Å². The fourth-order valence-corrected chi connectivity index (χ4v) is 1.83. The van der Waals surface area contributed by atoms with Crippen molar-refractivity contribution in [3.8, 4) is 5.75 Å².